The van der Waals surface area contributed by atoms with Crippen LogP contribution in [0.2, 0.25) is 0 Å². The predicted octanol–water partition coefficient (Wildman–Crippen LogP) is 1.82. The van der Waals surface area contributed by atoms with E-state index in [-0.39, 0.29) is 24.5 Å². The van der Waals surface area contributed by atoms with E-state index in [1.54, 1.807) is 0 Å². The van der Waals surface area contributed by atoms with Crippen LogP contribution in [-0.4, -0.2) is 30.6 Å². The number of aryl methyl sites for hydroxylation is 1. The van der Waals surface area contributed by atoms with Gasteiger partial charge < -0.3 is 10.2 Å². The Morgan fingerprint density at radius 3 is 2.76 bits per heavy atom. The van der Waals surface area contributed by atoms with Crippen molar-refractivity contribution in [3.63, 3.8) is 0 Å². The minimum Gasteiger partial charge on any atom is -0.359 e. The summed E-state index contributed by atoms with van der Waals surface area (Å²) in [6, 6.07) is 8.34. The summed E-state index contributed by atoms with van der Waals surface area (Å²) in [7, 11) is 0. The lowest BCUT2D eigenvalue weighted by Gasteiger charge is -2.36. The normalized spacial score (nSPS) is 20.6. The zero-order valence-corrected chi connectivity index (χ0v) is 12.3. The molecule has 0 unspecified atom stereocenters. The molecule has 1 fully saturated rings. The summed E-state index contributed by atoms with van der Waals surface area (Å²) in [6.45, 7) is 2.34. The van der Waals surface area contributed by atoms with E-state index >= 15 is 0 Å². The minimum absolute atomic E-state index is 0.219. The molecule has 0 aromatic heterocycles. The molecule has 112 valence electrons. The first-order chi connectivity index (χ1) is 10.1. The fourth-order valence-electron chi connectivity index (χ4n) is 2.77. The van der Waals surface area contributed by atoms with Crippen LogP contribution in [-0.2, 0) is 11.2 Å². The molecule has 1 aliphatic carbocycles. The second-order valence-corrected chi connectivity index (χ2v) is 5.94. The number of carbonyl (C=O) groups is 2. The number of nitrogens with one attached hydrogen (secondary N) is 2. The Morgan fingerprint density at radius 2 is 2.00 bits per heavy atom. The Labute approximate surface area is 124 Å². The molecule has 3 amide bonds. The first kappa shape index (κ1) is 13.9. The molecule has 1 aliphatic heterocycles. The Balaban J connectivity index is 1.63. The molecule has 0 saturated heterocycles. The molecule has 2 aliphatic rings. The van der Waals surface area contributed by atoms with Gasteiger partial charge in [0.25, 0.3) is 0 Å². The third-order valence-electron chi connectivity index (χ3n) is 4.14. The summed E-state index contributed by atoms with van der Waals surface area (Å²) in [5, 5.41) is 5.18. The smallest absolute Gasteiger partial charge is 0.321 e. The van der Waals surface area contributed by atoms with Gasteiger partial charge in [0.2, 0.25) is 5.91 Å². The second kappa shape index (κ2) is 5.76. The number of imide groups is 1. The lowest BCUT2D eigenvalue weighted by molar-refractivity contribution is -0.118. The van der Waals surface area contributed by atoms with Crippen molar-refractivity contribution in [3.8, 4) is 0 Å². The molecule has 0 spiro atoms. The highest BCUT2D eigenvalue weighted by Crippen LogP contribution is 2.29. The van der Waals surface area contributed by atoms with E-state index in [0.717, 1.165) is 31.4 Å². The highest BCUT2D eigenvalue weighted by molar-refractivity contribution is 5.96. The molecule has 5 nitrogen and oxygen atoms in total. The molecule has 1 saturated carbocycles. The third-order valence-corrected chi connectivity index (χ3v) is 4.14. The van der Waals surface area contributed by atoms with Crippen molar-refractivity contribution in [2.75, 3.05) is 11.4 Å². The number of rotatable bonds is 3. The van der Waals surface area contributed by atoms with Gasteiger partial charge in [-0.1, -0.05) is 18.2 Å². The van der Waals surface area contributed by atoms with Gasteiger partial charge in [0.15, 0.2) is 0 Å². The molecule has 21 heavy (non-hydrogen) atoms. The Kier molecular flexibility index (Phi) is 3.82. The van der Waals surface area contributed by atoms with Gasteiger partial charge in [-0.2, -0.15) is 0 Å². The number of anilines is 1. The van der Waals surface area contributed by atoms with Crippen LogP contribution >= 0.6 is 0 Å². The summed E-state index contributed by atoms with van der Waals surface area (Å²) in [5.74, 6) is -0.253. The van der Waals surface area contributed by atoms with Crippen molar-refractivity contribution in [1.29, 1.82) is 0 Å². The number of urea groups is 1. The monoisotopic (exact) mass is 287 g/mol. The molecule has 0 bridgehead atoms. The predicted molar refractivity (Wildman–Crippen MR) is 81.3 cm³/mol. The molecule has 1 heterocycles. The number of hydrogen-bond acceptors (Lipinski definition) is 3. The van der Waals surface area contributed by atoms with Crippen LogP contribution in [0.15, 0.2) is 24.3 Å². The van der Waals surface area contributed by atoms with Gasteiger partial charge in [-0.25, -0.2) is 4.79 Å². The number of fused-ring (bicyclic) bond motifs is 1. The van der Waals surface area contributed by atoms with Crippen molar-refractivity contribution in [3.05, 3.63) is 29.8 Å². The number of nitrogens with zero attached hydrogens (tertiary/aromatic N) is 1. The molecule has 3 rings (SSSR count). The average molecular weight is 287 g/mol. The van der Waals surface area contributed by atoms with Gasteiger partial charge in [-0.05, 0) is 44.2 Å². The standard InChI is InChI=1S/C16H21N3O2/c1-11-6-7-12-4-2-3-5-14(12)19(11)10-15(20)18-16(21)17-13-8-9-13/h2-5,11,13H,6-10H2,1H3,(H2,17,18,20,21)/t11-/m1/s1. The zero-order valence-electron chi connectivity index (χ0n) is 12.3. The van der Waals surface area contributed by atoms with Gasteiger partial charge in [0.1, 0.15) is 0 Å². The highest BCUT2D eigenvalue weighted by atomic mass is 16.2. The van der Waals surface area contributed by atoms with Crippen LogP contribution in [0.25, 0.3) is 0 Å². The lowest BCUT2D eigenvalue weighted by atomic mass is 9.97. The van der Waals surface area contributed by atoms with Crippen LogP contribution < -0.4 is 15.5 Å². The minimum atomic E-state index is -0.375. The highest BCUT2D eigenvalue weighted by Gasteiger charge is 2.27. The van der Waals surface area contributed by atoms with Crippen LogP contribution in [0.3, 0.4) is 0 Å². The Bertz CT molecular complexity index is 554. The summed E-state index contributed by atoms with van der Waals surface area (Å²) in [6.07, 6.45) is 4.09. The molecule has 2 N–H and O–H groups in total. The SMILES string of the molecule is C[C@@H]1CCc2ccccc2N1CC(=O)NC(=O)NC1CC1. The van der Waals surface area contributed by atoms with Gasteiger partial charge in [-0.3, -0.25) is 10.1 Å². The van der Waals surface area contributed by atoms with Crippen LogP contribution in [0, 0.1) is 0 Å². The largest absolute Gasteiger partial charge is 0.359 e. The molecular weight excluding hydrogens is 266 g/mol. The summed E-state index contributed by atoms with van der Waals surface area (Å²) in [4.78, 5) is 25.8. The van der Waals surface area contributed by atoms with E-state index in [1.165, 1.54) is 5.56 Å². The molecule has 1 aromatic rings. The second-order valence-electron chi connectivity index (χ2n) is 5.94. The number of benzene rings is 1. The molecular formula is C16H21N3O2. The van der Waals surface area contributed by atoms with E-state index in [0.29, 0.717) is 6.04 Å². The lowest BCUT2D eigenvalue weighted by Crippen LogP contribution is -2.48. The molecule has 0 radical (unpaired) electrons. The Hall–Kier alpha value is -2.04. The van der Waals surface area contributed by atoms with Crippen molar-refractivity contribution in [2.24, 2.45) is 0 Å². The van der Waals surface area contributed by atoms with Gasteiger partial charge in [0.05, 0.1) is 6.54 Å². The maximum atomic E-state index is 12.1. The number of carbonyl (C=O) groups excluding carboxylic acids is 2. The van der Waals surface area contributed by atoms with Crippen molar-refractivity contribution < 1.29 is 9.59 Å². The molecule has 1 atom stereocenters. The van der Waals surface area contributed by atoms with Crippen molar-refractivity contribution >= 4 is 17.6 Å². The molecule has 1 aromatic carbocycles. The van der Waals surface area contributed by atoms with Crippen molar-refractivity contribution in [1.82, 2.24) is 10.6 Å². The van der Waals surface area contributed by atoms with Gasteiger partial charge >= 0.3 is 6.03 Å². The molecule has 5 heteroatoms. The third kappa shape index (κ3) is 3.35. The number of para-hydroxylation sites is 1. The maximum Gasteiger partial charge on any atom is 0.321 e. The summed E-state index contributed by atoms with van der Waals surface area (Å²) >= 11 is 0. The van der Waals surface area contributed by atoms with E-state index in [9.17, 15) is 9.59 Å². The van der Waals surface area contributed by atoms with E-state index in [2.05, 4.69) is 28.5 Å². The fraction of sp³-hybridized carbons (Fsp3) is 0.500. The van der Waals surface area contributed by atoms with Crippen LogP contribution in [0.4, 0.5) is 10.5 Å². The average Bonchev–Trinajstić information content (AvgIpc) is 3.25. The van der Waals surface area contributed by atoms with E-state index in [4.69, 9.17) is 0 Å². The van der Waals surface area contributed by atoms with E-state index in [1.807, 2.05) is 18.2 Å². The zero-order chi connectivity index (χ0) is 14.8. The van der Waals surface area contributed by atoms with Crippen LogP contribution in [0.5, 0.6) is 0 Å². The fourth-order valence-corrected chi connectivity index (χ4v) is 2.77. The summed E-state index contributed by atoms with van der Waals surface area (Å²) < 4.78 is 0. The summed E-state index contributed by atoms with van der Waals surface area (Å²) in [5.41, 5.74) is 2.37. The maximum absolute atomic E-state index is 12.1. The quantitative estimate of drug-likeness (QED) is 0.891. The van der Waals surface area contributed by atoms with Gasteiger partial charge in [0, 0.05) is 17.8 Å². The Morgan fingerprint density at radius 1 is 1.24 bits per heavy atom. The van der Waals surface area contributed by atoms with E-state index < -0.39 is 0 Å². The number of hydrogen-bond donors (Lipinski definition) is 2. The van der Waals surface area contributed by atoms with Crippen LogP contribution in [0.1, 0.15) is 31.7 Å². The topological polar surface area (TPSA) is 61.4 Å². The first-order valence-electron chi connectivity index (χ1n) is 7.58. The number of amides is 3. The van der Waals surface area contributed by atoms with Gasteiger partial charge in [-0.15, -0.1) is 0 Å². The first-order valence-corrected chi connectivity index (χ1v) is 7.58. The van der Waals surface area contributed by atoms with Crippen molar-refractivity contribution in [2.45, 2.75) is 44.7 Å².